The van der Waals surface area contributed by atoms with Crippen LogP contribution in [0.15, 0.2) is 18.2 Å². The van der Waals surface area contributed by atoms with Crippen molar-refractivity contribution < 1.29 is 28.2 Å². The molecular weight excluding hydrogens is 319 g/mol. The molecule has 0 unspecified atom stereocenters. The molecule has 2 N–H and O–H groups in total. The van der Waals surface area contributed by atoms with Gasteiger partial charge in [-0.3, -0.25) is 14.4 Å². The fraction of sp³-hybridized carbons (Fsp3) is 0.438. The average molecular weight is 340 g/mol. The van der Waals surface area contributed by atoms with Crippen LogP contribution in [0.3, 0.4) is 0 Å². The molecule has 24 heavy (non-hydrogen) atoms. The highest BCUT2D eigenvalue weighted by molar-refractivity contribution is 5.88. The highest BCUT2D eigenvalue weighted by Crippen LogP contribution is 2.18. The van der Waals surface area contributed by atoms with E-state index in [0.717, 1.165) is 6.07 Å². The average Bonchev–Trinajstić information content (AvgIpc) is 2.53. The van der Waals surface area contributed by atoms with Gasteiger partial charge in [0, 0.05) is 6.54 Å². The molecule has 0 bridgehead atoms. The van der Waals surface area contributed by atoms with Gasteiger partial charge in [0.2, 0.25) is 5.91 Å². The Bertz CT molecular complexity index is 606. The molecule has 1 atom stereocenters. The van der Waals surface area contributed by atoms with Crippen molar-refractivity contribution in [1.82, 2.24) is 10.6 Å². The summed E-state index contributed by atoms with van der Waals surface area (Å²) in [6.45, 7) is 3.22. The summed E-state index contributed by atoms with van der Waals surface area (Å²) >= 11 is 0. The number of benzene rings is 1. The van der Waals surface area contributed by atoms with Crippen molar-refractivity contribution in [3.05, 3.63) is 29.6 Å². The zero-order chi connectivity index (χ0) is 18.1. The number of nitrogens with one attached hydrogen (secondary N) is 2. The molecule has 1 rings (SSSR count). The Kier molecular flexibility index (Phi) is 7.67. The van der Waals surface area contributed by atoms with E-state index < -0.39 is 30.3 Å². The maximum Gasteiger partial charge on any atom is 0.310 e. The van der Waals surface area contributed by atoms with Gasteiger partial charge in [-0.1, -0.05) is 6.07 Å². The number of halogens is 1. The van der Waals surface area contributed by atoms with E-state index in [0.29, 0.717) is 12.1 Å². The standard InChI is InChI=1S/C16H21FN2O5/c1-4-18-16(22)10(2)19-14(20)9-24-15(21)8-11-5-6-13(23-3)12(17)7-11/h5-7,10H,4,8-9H2,1-3H3,(H,18,22)(H,19,20)/t10-/m1/s1. The summed E-state index contributed by atoms with van der Waals surface area (Å²) in [4.78, 5) is 34.7. The number of likely N-dealkylation sites (N-methyl/N-ethyl adjacent to an activating group) is 1. The smallest absolute Gasteiger partial charge is 0.310 e. The minimum absolute atomic E-state index is 0.0749. The Morgan fingerprint density at radius 2 is 2.00 bits per heavy atom. The normalized spacial score (nSPS) is 11.3. The molecule has 0 heterocycles. The highest BCUT2D eigenvalue weighted by Gasteiger charge is 2.16. The molecule has 0 saturated heterocycles. The van der Waals surface area contributed by atoms with Crippen molar-refractivity contribution >= 4 is 17.8 Å². The van der Waals surface area contributed by atoms with E-state index in [2.05, 4.69) is 10.6 Å². The van der Waals surface area contributed by atoms with Gasteiger partial charge in [-0.2, -0.15) is 0 Å². The number of rotatable bonds is 8. The van der Waals surface area contributed by atoms with Crippen LogP contribution in [0.4, 0.5) is 4.39 Å². The monoisotopic (exact) mass is 340 g/mol. The second kappa shape index (κ2) is 9.49. The van der Waals surface area contributed by atoms with Crippen molar-refractivity contribution in [3.8, 4) is 5.75 Å². The molecule has 1 aromatic rings. The summed E-state index contributed by atoms with van der Waals surface area (Å²) < 4.78 is 23.1. The van der Waals surface area contributed by atoms with Crippen LogP contribution in [0, 0.1) is 5.82 Å². The van der Waals surface area contributed by atoms with Gasteiger partial charge >= 0.3 is 5.97 Å². The van der Waals surface area contributed by atoms with Crippen LogP contribution in [0.1, 0.15) is 19.4 Å². The van der Waals surface area contributed by atoms with Crippen molar-refractivity contribution in [2.24, 2.45) is 0 Å². The van der Waals surface area contributed by atoms with Crippen LogP contribution in [-0.4, -0.2) is 44.1 Å². The minimum Gasteiger partial charge on any atom is -0.494 e. The molecule has 2 amide bonds. The van der Waals surface area contributed by atoms with Gasteiger partial charge in [0.05, 0.1) is 13.5 Å². The quantitative estimate of drug-likeness (QED) is 0.675. The van der Waals surface area contributed by atoms with E-state index in [4.69, 9.17) is 9.47 Å². The fourth-order valence-corrected chi connectivity index (χ4v) is 1.86. The molecule has 7 nitrogen and oxygen atoms in total. The predicted octanol–water partition coefficient (Wildman–Crippen LogP) is 0.561. The molecule has 0 aromatic heterocycles. The first-order valence-electron chi connectivity index (χ1n) is 7.42. The van der Waals surface area contributed by atoms with Gasteiger partial charge in [-0.15, -0.1) is 0 Å². The fourth-order valence-electron chi connectivity index (χ4n) is 1.86. The number of ether oxygens (including phenoxy) is 2. The Labute approximate surface area is 139 Å². The second-order valence-corrected chi connectivity index (χ2v) is 4.99. The lowest BCUT2D eigenvalue weighted by Crippen LogP contribution is -2.46. The van der Waals surface area contributed by atoms with Gasteiger partial charge in [0.25, 0.3) is 5.91 Å². The van der Waals surface area contributed by atoms with E-state index in [1.54, 1.807) is 6.92 Å². The first-order valence-corrected chi connectivity index (χ1v) is 7.42. The van der Waals surface area contributed by atoms with Crippen LogP contribution in [-0.2, 0) is 25.5 Å². The van der Waals surface area contributed by atoms with E-state index in [9.17, 15) is 18.8 Å². The van der Waals surface area contributed by atoms with Gasteiger partial charge in [-0.25, -0.2) is 4.39 Å². The van der Waals surface area contributed by atoms with E-state index in [1.165, 1.54) is 26.2 Å². The summed E-state index contributed by atoms with van der Waals surface area (Å²) in [6, 6.07) is 3.36. The van der Waals surface area contributed by atoms with Gasteiger partial charge in [-0.05, 0) is 31.5 Å². The Balaban J connectivity index is 2.41. The number of carbonyl (C=O) groups excluding carboxylic acids is 3. The number of hydrogen-bond donors (Lipinski definition) is 2. The molecule has 0 fully saturated rings. The third-order valence-corrected chi connectivity index (χ3v) is 3.05. The topological polar surface area (TPSA) is 93.7 Å². The summed E-state index contributed by atoms with van der Waals surface area (Å²) in [5.41, 5.74) is 0.398. The van der Waals surface area contributed by atoms with Crippen molar-refractivity contribution in [1.29, 1.82) is 0 Å². The van der Waals surface area contributed by atoms with Crippen molar-refractivity contribution in [2.75, 3.05) is 20.3 Å². The number of esters is 1. The summed E-state index contributed by atoms with van der Waals surface area (Å²) in [5, 5.41) is 4.96. The Morgan fingerprint density at radius 3 is 2.58 bits per heavy atom. The first kappa shape index (κ1) is 19.4. The third kappa shape index (κ3) is 6.23. The molecule has 132 valence electrons. The van der Waals surface area contributed by atoms with Crippen molar-refractivity contribution in [2.45, 2.75) is 26.3 Å². The van der Waals surface area contributed by atoms with Crippen LogP contribution >= 0.6 is 0 Å². The molecule has 0 saturated carbocycles. The number of amides is 2. The number of hydrogen-bond acceptors (Lipinski definition) is 5. The summed E-state index contributed by atoms with van der Waals surface area (Å²) in [5.74, 6) is -2.11. The number of methoxy groups -OCH3 is 1. The lowest BCUT2D eigenvalue weighted by Gasteiger charge is -2.13. The molecular formula is C16H21FN2O5. The molecule has 0 aliphatic carbocycles. The van der Waals surface area contributed by atoms with Crippen LogP contribution in [0.2, 0.25) is 0 Å². The largest absolute Gasteiger partial charge is 0.494 e. The van der Waals surface area contributed by atoms with Gasteiger partial charge in [0.15, 0.2) is 18.2 Å². The Hall–Kier alpha value is -2.64. The van der Waals surface area contributed by atoms with E-state index in [-0.39, 0.29) is 18.1 Å². The summed E-state index contributed by atoms with van der Waals surface area (Å²) in [6.07, 6.45) is -0.180. The van der Waals surface area contributed by atoms with Gasteiger partial charge in [0.1, 0.15) is 6.04 Å². The highest BCUT2D eigenvalue weighted by atomic mass is 19.1. The second-order valence-electron chi connectivity index (χ2n) is 4.99. The molecule has 0 spiro atoms. The van der Waals surface area contributed by atoms with Crippen molar-refractivity contribution in [3.63, 3.8) is 0 Å². The molecule has 1 aromatic carbocycles. The van der Waals surface area contributed by atoms with E-state index in [1.807, 2.05) is 0 Å². The zero-order valence-corrected chi connectivity index (χ0v) is 13.8. The van der Waals surface area contributed by atoms with Gasteiger partial charge < -0.3 is 20.1 Å². The molecule has 8 heteroatoms. The lowest BCUT2D eigenvalue weighted by atomic mass is 10.1. The maximum atomic E-state index is 13.5. The summed E-state index contributed by atoms with van der Waals surface area (Å²) in [7, 11) is 1.34. The third-order valence-electron chi connectivity index (χ3n) is 3.05. The van der Waals surface area contributed by atoms with Crippen LogP contribution < -0.4 is 15.4 Å². The maximum absolute atomic E-state index is 13.5. The molecule has 0 aliphatic heterocycles. The Morgan fingerprint density at radius 1 is 1.29 bits per heavy atom. The predicted molar refractivity (Wildman–Crippen MR) is 83.9 cm³/mol. The zero-order valence-electron chi connectivity index (χ0n) is 13.8. The SMILES string of the molecule is CCNC(=O)[C@@H](C)NC(=O)COC(=O)Cc1ccc(OC)c(F)c1. The lowest BCUT2D eigenvalue weighted by molar-refractivity contribution is -0.148. The number of carbonyl (C=O) groups is 3. The molecule has 0 aliphatic rings. The van der Waals surface area contributed by atoms with Crippen LogP contribution in [0.5, 0.6) is 5.75 Å². The molecule has 0 radical (unpaired) electrons. The minimum atomic E-state index is -0.730. The van der Waals surface area contributed by atoms with E-state index >= 15 is 0 Å². The first-order chi connectivity index (χ1) is 11.4. The van der Waals surface area contributed by atoms with Crippen LogP contribution in [0.25, 0.3) is 0 Å².